The van der Waals surface area contributed by atoms with Crippen molar-refractivity contribution in [1.29, 1.82) is 0 Å². The summed E-state index contributed by atoms with van der Waals surface area (Å²) in [5.41, 5.74) is 0.274. The van der Waals surface area contributed by atoms with Gasteiger partial charge in [0.25, 0.3) is 6.43 Å². The Balaban J connectivity index is 3.43. The maximum atomic E-state index is 12.6. The molecule has 14 heavy (non-hydrogen) atoms. The van der Waals surface area contributed by atoms with E-state index in [1.807, 2.05) is 0 Å². The number of pyridine rings is 1. The van der Waals surface area contributed by atoms with Gasteiger partial charge in [-0.25, -0.2) is 8.78 Å². The Bertz CT molecular complexity index is 355. The number of carbonyl (C=O) groups is 1. The van der Waals surface area contributed by atoms with Gasteiger partial charge in [0.2, 0.25) is 0 Å². The number of hydrogen-bond acceptors (Lipinski definition) is 2. The van der Waals surface area contributed by atoms with E-state index >= 15 is 0 Å². The van der Waals surface area contributed by atoms with E-state index in [1.54, 1.807) is 6.92 Å². The van der Waals surface area contributed by atoms with E-state index in [9.17, 15) is 13.6 Å². The molecule has 0 N–H and O–H groups in total. The van der Waals surface area contributed by atoms with Crippen LogP contribution in [-0.2, 0) is 5.88 Å². The molecule has 1 aromatic rings. The summed E-state index contributed by atoms with van der Waals surface area (Å²) in [6.45, 7) is 1.63. The zero-order valence-electron chi connectivity index (χ0n) is 7.43. The SMILES string of the molecule is Cc1cnc(C=O)c(C(F)F)c1CCl. The van der Waals surface area contributed by atoms with E-state index in [-0.39, 0.29) is 17.1 Å². The Morgan fingerprint density at radius 2 is 2.29 bits per heavy atom. The highest BCUT2D eigenvalue weighted by atomic mass is 35.5. The van der Waals surface area contributed by atoms with Gasteiger partial charge in [-0.2, -0.15) is 0 Å². The van der Waals surface area contributed by atoms with Crippen LogP contribution in [0.1, 0.15) is 33.6 Å². The van der Waals surface area contributed by atoms with Crippen molar-refractivity contribution in [2.45, 2.75) is 19.2 Å². The highest BCUT2D eigenvalue weighted by Crippen LogP contribution is 2.28. The first-order valence-electron chi connectivity index (χ1n) is 3.89. The van der Waals surface area contributed by atoms with Gasteiger partial charge in [-0.1, -0.05) is 0 Å². The first-order chi connectivity index (χ1) is 6.61. The third kappa shape index (κ3) is 1.90. The van der Waals surface area contributed by atoms with E-state index in [1.165, 1.54) is 6.20 Å². The molecule has 5 heteroatoms. The van der Waals surface area contributed by atoms with Crippen molar-refractivity contribution in [2.75, 3.05) is 0 Å². The van der Waals surface area contributed by atoms with Gasteiger partial charge in [0, 0.05) is 12.1 Å². The minimum Gasteiger partial charge on any atom is -0.296 e. The summed E-state index contributed by atoms with van der Waals surface area (Å²) in [4.78, 5) is 14.1. The number of halogens is 3. The molecule has 0 spiro atoms. The number of alkyl halides is 3. The maximum Gasteiger partial charge on any atom is 0.266 e. The smallest absolute Gasteiger partial charge is 0.266 e. The average molecular weight is 220 g/mol. The molecule has 0 saturated heterocycles. The zero-order valence-corrected chi connectivity index (χ0v) is 8.18. The van der Waals surface area contributed by atoms with E-state index in [4.69, 9.17) is 11.6 Å². The Kier molecular flexibility index (Phi) is 3.52. The molecule has 0 aliphatic rings. The van der Waals surface area contributed by atoms with Crippen molar-refractivity contribution < 1.29 is 13.6 Å². The second-order valence-electron chi connectivity index (χ2n) is 2.77. The van der Waals surface area contributed by atoms with Crippen molar-refractivity contribution in [3.05, 3.63) is 28.6 Å². The summed E-state index contributed by atoms with van der Waals surface area (Å²) in [7, 11) is 0. The van der Waals surface area contributed by atoms with Crippen molar-refractivity contribution >= 4 is 17.9 Å². The largest absolute Gasteiger partial charge is 0.296 e. The number of nitrogens with zero attached hydrogens (tertiary/aromatic N) is 1. The highest BCUT2D eigenvalue weighted by Gasteiger charge is 2.19. The molecule has 0 bridgehead atoms. The maximum absolute atomic E-state index is 12.6. The first-order valence-corrected chi connectivity index (χ1v) is 4.43. The molecule has 0 radical (unpaired) electrons. The van der Waals surface area contributed by atoms with Crippen LogP contribution in [0.4, 0.5) is 8.78 Å². The number of aromatic nitrogens is 1. The summed E-state index contributed by atoms with van der Waals surface area (Å²) in [6, 6.07) is 0. The van der Waals surface area contributed by atoms with Crippen LogP contribution in [0.3, 0.4) is 0 Å². The molecule has 1 aromatic heterocycles. The molecule has 0 saturated carbocycles. The van der Waals surface area contributed by atoms with Crippen molar-refractivity contribution in [2.24, 2.45) is 0 Å². The average Bonchev–Trinajstić information content (AvgIpc) is 2.17. The van der Waals surface area contributed by atoms with Crippen LogP contribution < -0.4 is 0 Å². The third-order valence-corrected chi connectivity index (χ3v) is 2.21. The highest BCUT2D eigenvalue weighted by molar-refractivity contribution is 6.17. The predicted octanol–water partition coefficient (Wildman–Crippen LogP) is 2.88. The molecule has 1 rings (SSSR count). The molecular formula is C9H8ClF2NO. The van der Waals surface area contributed by atoms with Crippen LogP contribution in [0.15, 0.2) is 6.20 Å². The van der Waals surface area contributed by atoms with Gasteiger partial charge in [-0.15, -0.1) is 11.6 Å². The fraction of sp³-hybridized carbons (Fsp3) is 0.333. The fourth-order valence-electron chi connectivity index (χ4n) is 1.20. The lowest BCUT2D eigenvalue weighted by Gasteiger charge is -2.10. The number of hydrogen-bond donors (Lipinski definition) is 0. The standard InChI is InChI=1S/C9H8ClF2NO/c1-5-3-13-7(4-14)8(9(11)12)6(5)2-10/h3-4,9H,2H2,1H3. The lowest BCUT2D eigenvalue weighted by Crippen LogP contribution is -2.04. The Hall–Kier alpha value is -1.03. The second-order valence-corrected chi connectivity index (χ2v) is 3.04. The molecule has 76 valence electrons. The topological polar surface area (TPSA) is 30.0 Å². The van der Waals surface area contributed by atoms with Crippen molar-refractivity contribution in [3.8, 4) is 0 Å². The number of aldehydes is 1. The molecule has 0 atom stereocenters. The predicted molar refractivity (Wildman–Crippen MR) is 48.9 cm³/mol. The molecular weight excluding hydrogens is 212 g/mol. The summed E-state index contributed by atoms with van der Waals surface area (Å²) in [5, 5.41) is 0. The van der Waals surface area contributed by atoms with Gasteiger partial charge in [0.15, 0.2) is 6.29 Å². The van der Waals surface area contributed by atoms with Gasteiger partial charge >= 0.3 is 0 Å². The van der Waals surface area contributed by atoms with E-state index < -0.39 is 6.43 Å². The lowest BCUT2D eigenvalue weighted by molar-refractivity contribution is 0.110. The van der Waals surface area contributed by atoms with Crippen LogP contribution in [-0.4, -0.2) is 11.3 Å². The molecule has 0 fully saturated rings. The van der Waals surface area contributed by atoms with Gasteiger partial charge in [0.1, 0.15) is 5.69 Å². The molecule has 0 unspecified atom stereocenters. The summed E-state index contributed by atoms with van der Waals surface area (Å²) in [6.07, 6.45) is -1.04. The molecule has 1 heterocycles. The van der Waals surface area contributed by atoms with E-state index in [2.05, 4.69) is 4.98 Å². The third-order valence-electron chi connectivity index (χ3n) is 1.94. The molecule has 0 aliphatic carbocycles. The summed E-state index contributed by atoms with van der Waals surface area (Å²) < 4.78 is 25.2. The Morgan fingerprint density at radius 1 is 1.64 bits per heavy atom. The quantitative estimate of drug-likeness (QED) is 0.578. The van der Waals surface area contributed by atoms with Crippen LogP contribution in [0, 0.1) is 6.92 Å². The van der Waals surface area contributed by atoms with Gasteiger partial charge < -0.3 is 0 Å². The zero-order chi connectivity index (χ0) is 10.7. The minimum absolute atomic E-state index is 0.0468. The molecule has 0 aliphatic heterocycles. The second kappa shape index (κ2) is 4.46. The van der Waals surface area contributed by atoms with Gasteiger partial charge in [-0.05, 0) is 18.1 Å². The molecule has 2 nitrogen and oxygen atoms in total. The Morgan fingerprint density at radius 3 is 2.71 bits per heavy atom. The number of rotatable bonds is 3. The van der Waals surface area contributed by atoms with E-state index in [0.29, 0.717) is 17.4 Å². The fourth-order valence-corrected chi connectivity index (χ4v) is 1.55. The number of aryl methyl sites for hydroxylation is 1. The van der Waals surface area contributed by atoms with Crippen molar-refractivity contribution in [3.63, 3.8) is 0 Å². The van der Waals surface area contributed by atoms with Crippen LogP contribution >= 0.6 is 11.6 Å². The summed E-state index contributed by atoms with van der Waals surface area (Å²) >= 11 is 5.53. The molecule has 0 amide bonds. The van der Waals surface area contributed by atoms with Gasteiger partial charge in [-0.3, -0.25) is 9.78 Å². The minimum atomic E-state index is -2.73. The number of carbonyl (C=O) groups excluding carboxylic acids is 1. The van der Waals surface area contributed by atoms with E-state index in [0.717, 1.165) is 0 Å². The monoisotopic (exact) mass is 219 g/mol. The Labute approximate surface area is 84.9 Å². The normalized spacial score (nSPS) is 10.6. The van der Waals surface area contributed by atoms with Gasteiger partial charge in [0.05, 0.1) is 5.56 Å². The van der Waals surface area contributed by atoms with Crippen LogP contribution in [0.25, 0.3) is 0 Å². The first kappa shape index (κ1) is 11.0. The van der Waals surface area contributed by atoms with Crippen molar-refractivity contribution in [1.82, 2.24) is 4.98 Å². The molecule has 0 aromatic carbocycles. The lowest BCUT2D eigenvalue weighted by atomic mass is 10.0. The van der Waals surface area contributed by atoms with Crippen LogP contribution in [0.2, 0.25) is 0 Å². The van der Waals surface area contributed by atoms with Crippen LogP contribution in [0.5, 0.6) is 0 Å². The summed E-state index contributed by atoms with van der Waals surface area (Å²) in [5.74, 6) is -0.0468.